The van der Waals surface area contributed by atoms with E-state index in [1.807, 2.05) is 0 Å². The summed E-state index contributed by atoms with van der Waals surface area (Å²) in [6.45, 7) is 0. The maximum absolute atomic E-state index is 12.2. The Hall–Kier alpha value is -2.24. The average molecular weight is 319 g/mol. The molecule has 0 aliphatic heterocycles. The Kier molecular flexibility index (Phi) is 3.68. The van der Waals surface area contributed by atoms with Crippen LogP contribution < -0.4 is 5.56 Å². The van der Waals surface area contributed by atoms with Crippen LogP contribution in [-0.2, 0) is 0 Å². The molecular formula is C14H8Cl2N4O. The molecule has 0 bridgehead atoms. The summed E-state index contributed by atoms with van der Waals surface area (Å²) in [6.07, 6.45) is 1.61. The molecule has 7 heteroatoms. The topological polar surface area (TPSA) is 71.5 Å². The van der Waals surface area contributed by atoms with E-state index in [9.17, 15) is 4.79 Å². The molecule has 0 aliphatic rings. The van der Waals surface area contributed by atoms with Crippen molar-refractivity contribution in [3.63, 3.8) is 0 Å². The number of halogens is 2. The zero-order valence-corrected chi connectivity index (χ0v) is 12.1. The van der Waals surface area contributed by atoms with Gasteiger partial charge in [-0.05, 0) is 30.3 Å². The van der Waals surface area contributed by atoms with Crippen LogP contribution in [0.2, 0.25) is 10.0 Å². The Balaban J connectivity index is 2.09. The molecule has 0 atom stereocenters. The number of nitrogens with zero attached hydrogens (tertiary/aromatic N) is 3. The predicted octanol–water partition coefficient (Wildman–Crippen LogP) is 3.20. The molecule has 104 valence electrons. The summed E-state index contributed by atoms with van der Waals surface area (Å²) >= 11 is 11.9. The van der Waals surface area contributed by atoms with Gasteiger partial charge >= 0.3 is 0 Å². The number of aromatic nitrogens is 4. The first-order valence-corrected chi connectivity index (χ1v) is 6.74. The lowest BCUT2D eigenvalue weighted by Gasteiger charge is -2.04. The maximum atomic E-state index is 12.2. The molecular weight excluding hydrogens is 311 g/mol. The van der Waals surface area contributed by atoms with E-state index in [0.717, 1.165) is 0 Å². The molecule has 21 heavy (non-hydrogen) atoms. The molecule has 0 saturated carbocycles. The van der Waals surface area contributed by atoms with Crippen molar-refractivity contribution in [1.82, 2.24) is 20.2 Å². The minimum Gasteiger partial charge on any atom is -0.302 e. The fraction of sp³-hybridized carbons (Fsp3) is 0. The Morgan fingerprint density at radius 3 is 2.57 bits per heavy atom. The zero-order valence-electron chi connectivity index (χ0n) is 10.5. The molecule has 0 spiro atoms. The smallest absolute Gasteiger partial charge is 0.278 e. The van der Waals surface area contributed by atoms with Gasteiger partial charge < -0.3 is 4.98 Å². The normalized spacial score (nSPS) is 10.6. The average Bonchev–Trinajstić information content (AvgIpc) is 2.49. The number of H-pyrrole nitrogens is 1. The number of pyridine rings is 1. The summed E-state index contributed by atoms with van der Waals surface area (Å²) in [5.41, 5.74) is 0.754. The minimum absolute atomic E-state index is 0.136. The molecule has 0 radical (unpaired) electrons. The summed E-state index contributed by atoms with van der Waals surface area (Å²) in [6, 6.07) is 10.1. The van der Waals surface area contributed by atoms with Gasteiger partial charge in [0.25, 0.3) is 5.56 Å². The van der Waals surface area contributed by atoms with Crippen LogP contribution in [0.15, 0.2) is 47.4 Å². The Morgan fingerprint density at radius 1 is 1.05 bits per heavy atom. The molecule has 2 heterocycles. The molecule has 0 unspecified atom stereocenters. The van der Waals surface area contributed by atoms with Gasteiger partial charge in [0.15, 0.2) is 11.5 Å². The van der Waals surface area contributed by atoms with Crippen LogP contribution in [0.1, 0.15) is 0 Å². The van der Waals surface area contributed by atoms with E-state index >= 15 is 0 Å². The third kappa shape index (κ3) is 2.79. The second-order valence-corrected chi connectivity index (χ2v) is 5.03. The van der Waals surface area contributed by atoms with E-state index in [1.165, 1.54) is 0 Å². The van der Waals surface area contributed by atoms with Gasteiger partial charge in [0.1, 0.15) is 5.69 Å². The molecule has 0 saturated heterocycles. The van der Waals surface area contributed by atoms with Gasteiger partial charge in [0, 0.05) is 16.8 Å². The summed E-state index contributed by atoms with van der Waals surface area (Å²) in [5.74, 6) is 0.300. The minimum atomic E-state index is -0.394. The van der Waals surface area contributed by atoms with Crippen LogP contribution in [0.4, 0.5) is 0 Å². The van der Waals surface area contributed by atoms with Crippen LogP contribution in [0.5, 0.6) is 0 Å². The van der Waals surface area contributed by atoms with E-state index in [2.05, 4.69) is 20.2 Å². The second kappa shape index (κ2) is 5.63. The van der Waals surface area contributed by atoms with E-state index < -0.39 is 5.56 Å². The standard InChI is InChI=1S/C14H8Cl2N4O/c15-8-4-5-9(10(16)7-8)12-14(21)18-13(20-19-12)11-3-1-2-6-17-11/h1-7H,(H,18,20,21). The van der Waals surface area contributed by atoms with Crippen LogP contribution in [0, 0.1) is 0 Å². The van der Waals surface area contributed by atoms with Gasteiger partial charge in [-0.2, -0.15) is 0 Å². The van der Waals surface area contributed by atoms with Crippen LogP contribution in [0.3, 0.4) is 0 Å². The van der Waals surface area contributed by atoms with Crippen molar-refractivity contribution in [3.8, 4) is 22.8 Å². The van der Waals surface area contributed by atoms with Crippen LogP contribution >= 0.6 is 23.2 Å². The van der Waals surface area contributed by atoms with E-state index in [-0.39, 0.29) is 5.69 Å². The highest BCUT2D eigenvalue weighted by molar-refractivity contribution is 6.36. The van der Waals surface area contributed by atoms with Crippen molar-refractivity contribution in [3.05, 3.63) is 63.0 Å². The fourth-order valence-corrected chi connectivity index (χ4v) is 2.31. The van der Waals surface area contributed by atoms with Crippen molar-refractivity contribution in [2.75, 3.05) is 0 Å². The van der Waals surface area contributed by atoms with Crippen LogP contribution in [0.25, 0.3) is 22.8 Å². The first kappa shape index (κ1) is 13.7. The highest BCUT2D eigenvalue weighted by Gasteiger charge is 2.12. The molecule has 2 aromatic heterocycles. The molecule has 3 rings (SSSR count). The predicted molar refractivity (Wildman–Crippen MR) is 81.3 cm³/mol. The van der Waals surface area contributed by atoms with Crippen molar-refractivity contribution < 1.29 is 0 Å². The quantitative estimate of drug-likeness (QED) is 0.787. The fourth-order valence-electron chi connectivity index (χ4n) is 1.81. The molecule has 3 aromatic rings. The monoisotopic (exact) mass is 318 g/mol. The van der Waals surface area contributed by atoms with Gasteiger partial charge in [0.05, 0.1) is 5.02 Å². The van der Waals surface area contributed by atoms with Gasteiger partial charge in [-0.3, -0.25) is 9.78 Å². The van der Waals surface area contributed by atoms with E-state index in [0.29, 0.717) is 27.1 Å². The second-order valence-electron chi connectivity index (χ2n) is 4.19. The van der Waals surface area contributed by atoms with Gasteiger partial charge in [-0.15, -0.1) is 10.2 Å². The van der Waals surface area contributed by atoms with E-state index in [1.54, 1.807) is 42.6 Å². The summed E-state index contributed by atoms with van der Waals surface area (Å²) in [7, 11) is 0. The zero-order chi connectivity index (χ0) is 14.8. The largest absolute Gasteiger partial charge is 0.302 e. The molecule has 0 aliphatic carbocycles. The van der Waals surface area contributed by atoms with Crippen LogP contribution in [-0.4, -0.2) is 20.2 Å². The maximum Gasteiger partial charge on any atom is 0.278 e. The number of nitrogens with one attached hydrogen (secondary N) is 1. The van der Waals surface area contributed by atoms with Crippen molar-refractivity contribution in [1.29, 1.82) is 0 Å². The molecule has 1 aromatic carbocycles. The Labute approximate surface area is 129 Å². The first-order chi connectivity index (χ1) is 10.1. The van der Waals surface area contributed by atoms with Crippen molar-refractivity contribution >= 4 is 23.2 Å². The van der Waals surface area contributed by atoms with E-state index in [4.69, 9.17) is 23.2 Å². The van der Waals surface area contributed by atoms with Gasteiger partial charge in [0.2, 0.25) is 0 Å². The lowest BCUT2D eigenvalue weighted by molar-refractivity contribution is 0.954. The summed E-state index contributed by atoms with van der Waals surface area (Å²) in [4.78, 5) is 18.9. The number of hydrogen-bond donors (Lipinski definition) is 1. The number of benzene rings is 1. The Bertz CT molecular complexity index is 849. The Morgan fingerprint density at radius 2 is 1.90 bits per heavy atom. The molecule has 0 fully saturated rings. The third-order valence-electron chi connectivity index (χ3n) is 2.79. The number of hydrogen-bond acceptors (Lipinski definition) is 4. The van der Waals surface area contributed by atoms with Gasteiger partial charge in [-0.25, -0.2) is 0 Å². The lowest BCUT2D eigenvalue weighted by Crippen LogP contribution is -2.14. The molecule has 0 amide bonds. The number of rotatable bonds is 2. The highest BCUT2D eigenvalue weighted by Crippen LogP contribution is 2.27. The summed E-state index contributed by atoms with van der Waals surface area (Å²) < 4.78 is 0. The third-order valence-corrected chi connectivity index (χ3v) is 3.34. The molecule has 5 nitrogen and oxygen atoms in total. The lowest BCUT2D eigenvalue weighted by atomic mass is 10.1. The first-order valence-electron chi connectivity index (χ1n) is 5.99. The van der Waals surface area contributed by atoms with Gasteiger partial charge in [-0.1, -0.05) is 29.3 Å². The summed E-state index contributed by atoms with van der Waals surface area (Å²) in [5, 5.41) is 8.77. The van der Waals surface area contributed by atoms with Crippen molar-refractivity contribution in [2.24, 2.45) is 0 Å². The SMILES string of the molecule is O=c1[nH]c(-c2ccccn2)nnc1-c1ccc(Cl)cc1Cl. The number of aromatic amines is 1. The molecule has 1 N–H and O–H groups in total. The highest BCUT2D eigenvalue weighted by atomic mass is 35.5. The van der Waals surface area contributed by atoms with Crippen molar-refractivity contribution in [2.45, 2.75) is 0 Å².